The van der Waals surface area contributed by atoms with E-state index in [4.69, 9.17) is 14.2 Å². The van der Waals surface area contributed by atoms with Gasteiger partial charge in [0.1, 0.15) is 0 Å². The van der Waals surface area contributed by atoms with Crippen molar-refractivity contribution in [3.8, 4) is 0 Å². The first kappa shape index (κ1) is 21.8. The highest BCUT2D eigenvalue weighted by atomic mass is 16.5. The van der Waals surface area contributed by atoms with E-state index in [9.17, 15) is 4.79 Å². The van der Waals surface area contributed by atoms with Crippen LogP contribution in [0.2, 0.25) is 0 Å². The van der Waals surface area contributed by atoms with Crippen LogP contribution in [0.1, 0.15) is 69.1 Å². The zero-order valence-corrected chi connectivity index (χ0v) is 20.3. The topological polar surface area (TPSA) is 100 Å². The van der Waals surface area contributed by atoms with Crippen molar-refractivity contribution in [2.45, 2.75) is 58.0 Å². The molecule has 0 bridgehead atoms. The van der Waals surface area contributed by atoms with Crippen LogP contribution in [0.15, 0.2) is 23.5 Å². The van der Waals surface area contributed by atoms with Crippen molar-refractivity contribution in [3.63, 3.8) is 0 Å². The van der Waals surface area contributed by atoms with E-state index < -0.39 is 0 Å². The zero-order valence-electron chi connectivity index (χ0n) is 20.3. The number of rotatable bonds is 7. The maximum Gasteiger partial charge on any atom is 0.229 e. The van der Waals surface area contributed by atoms with E-state index in [0.29, 0.717) is 12.0 Å². The minimum absolute atomic E-state index is 0.0873. The number of H-pyrrole nitrogens is 1. The second-order valence-corrected chi connectivity index (χ2v) is 11.4. The molecular weight excluding hydrogens is 432 g/mol. The Kier molecular flexibility index (Phi) is 4.92. The first-order chi connectivity index (χ1) is 16.3. The lowest BCUT2D eigenvalue weighted by Crippen LogP contribution is -2.62. The normalized spacial score (nSPS) is 30.8. The quantitative estimate of drug-likeness (QED) is 0.669. The summed E-state index contributed by atoms with van der Waals surface area (Å²) in [5.41, 5.74) is 1.97. The maximum atomic E-state index is 13.0. The SMILES string of the molecule is C=C(c1cn[nH]c1)N1CC(c2noc(C3CC(OCC)C3)n2)C2(C1)CN(C(=O)[C@H]1CC1(C)C)C2. The summed E-state index contributed by atoms with van der Waals surface area (Å²) in [5.74, 6) is 2.31. The summed E-state index contributed by atoms with van der Waals surface area (Å²) in [5, 5.41) is 11.4. The molecule has 4 heterocycles. The minimum atomic E-state index is -0.0873. The second kappa shape index (κ2) is 7.66. The fourth-order valence-electron chi connectivity index (χ4n) is 6.11. The van der Waals surface area contributed by atoms with Crippen LogP contribution in [0.3, 0.4) is 0 Å². The predicted molar refractivity (Wildman–Crippen MR) is 125 cm³/mol. The molecule has 0 aromatic carbocycles. The number of likely N-dealkylation sites (tertiary alicyclic amines) is 2. The number of carbonyl (C=O) groups is 1. The molecule has 2 atom stereocenters. The molecule has 34 heavy (non-hydrogen) atoms. The van der Waals surface area contributed by atoms with Gasteiger partial charge in [0.2, 0.25) is 11.8 Å². The van der Waals surface area contributed by atoms with Gasteiger partial charge in [-0.1, -0.05) is 25.6 Å². The van der Waals surface area contributed by atoms with Gasteiger partial charge in [0.05, 0.1) is 18.2 Å². The molecule has 2 aromatic heterocycles. The molecule has 2 aliphatic carbocycles. The Labute approximate surface area is 199 Å². The highest BCUT2D eigenvalue weighted by Crippen LogP contribution is 2.56. The molecule has 2 aliphatic heterocycles. The van der Waals surface area contributed by atoms with Crippen LogP contribution in [0.5, 0.6) is 0 Å². The summed E-state index contributed by atoms with van der Waals surface area (Å²) < 4.78 is 11.4. The van der Waals surface area contributed by atoms with Crippen molar-refractivity contribution < 1.29 is 14.1 Å². The van der Waals surface area contributed by atoms with Crippen molar-refractivity contribution in [1.29, 1.82) is 0 Å². The van der Waals surface area contributed by atoms with Gasteiger partial charge < -0.3 is 19.1 Å². The summed E-state index contributed by atoms with van der Waals surface area (Å²) in [4.78, 5) is 22.2. The number of nitrogens with one attached hydrogen (secondary N) is 1. The number of aromatic amines is 1. The first-order valence-electron chi connectivity index (χ1n) is 12.5. The van der Waals surface area contributed by atoms with Crippen molar-refractivity contribution in [2.75, 3.05) is 32.8 Å². The number of hydrogen-bond acceptors (Lipinski definition) is 7. The van der Waals surface area contributed by atoms with E-state index in [0.717, 1.165) is 75.0 Å². The van der Waals surface area contributed by atoms with Gasteiger partial charge >= 0.3 is 0 Å². The molecule has 1 amide bonds. The number of hydrogen-bond donors (Lipinski definition) is 1. The zero-order chi connectivity index (χ0) is 23.7. The Hall–Kier alpha value is -2.68. The van der Waals surface area contributed by atoms with E-state index in [1.165, 1.54) is 0 Å². The molecule has 6 rings (SSSR count). The fourth-order valence-corrected chi connectivity index (χ4v) is 6.11. The van der Waals surface area contributed by atoms with E-state index in [1.807, 2.05) is 18.0 Å². The Balaban J connectivity index is 1.20. The Morgan fingerprint density at radius 3 is 2.68 bits per heavy atom. The molecule has 0 radical (unpaired) electrons. The molecule has 1 N–H and O–H groups in total. The minimum Gasteiger partial charge on any atom is -0.378 e. The maximum absolute atomic E-state index is 13.0. The van der Waals surface area contributed by atoms with E-state index in [-0.39, 0.29) is 28.6 Å². The van der Waals surface area contributed by atoms with Crippen LogP contribution in [0.4, 0.5) is 0 Å². The van der Waals surface area contributed by atoms with Crippen LogP contribution in [-0.4, -0.2) is 74.9 Å². The van der Waals surface area contributed by atoms with E-state index >= 15 is 0 Å². The second-order valence-electron chi connectivity index (χ2n) is 11.4. The number of amides is 1. The highest BCUT2D eigenvalue weighted by Gasteiger charge is 2.61. The molecule has 2 aromatic rings. The lowest BCUT2D eigenvalue weighted by atomic mass is 9.71. The summed E-state index contributed by atoms with van der Waals surface area (Å²) in [7, 11) is 0. The molecule has 9 heteroatoms. The predicted octanol–water partition coefficient (Wildman–Crippen LogP) is 3.02. The molecule has 4 fully saturated rings. The van der Waals surface area contributed by atoms with Gasteiger partial charge in [-0.15, -0.1) is 0 Å². The van der Waals surface area contributed by atoms with E-state index in [2.05, 4.69) is 40.7 Å². The van der Waals surface area contributed by atoms with Gasteiger partial charge in [-0.2, -0.15) is 10.1 Å². The summed E-state index contributed by atoms with van der Waals surface area (Å²) in [6, 6.07) is 0. The average Bonchev–Trinajstić information content (AvgIpc) is 3.28. The number of carbonyl (C=O) groups excluding carboxylic acids is 1. The summed E-state index contributed by atoms with van der Waals surface area (Å²) in [6.45, 7) is 14.5. The Bertz CT molecular complexity index is 1080. The molecule has 182 valence electrons. The average molecular weight is 467 g/mol. The van der Waals surface area contributed by atoms with Crippen molar-refractivity contribution in [1.82, 2.24) is 30.1 Å². The van der Waals surface area contributed by atoms with Crippen LogP contribution in [0, 0.1) is 16.7 Å². The van der Waals surface area contributed by atoms with E-state index in [1.54, 1.807) is 6.20 Å². The van der Waals surface area contributed by atoms with Crippen molar-refractivity contribution in [2.24, 2.45) is 16.7 Å². The van der Waals surface area contributed by atoms with Gasteiger partial charge in [-0.3, -0.25) is 9.89 Å². The third-order valence-electron chi connectivity index (χ3n) is 8.61. The number of ether oxygens (including phenoxy) is 1. The lowest BCUT2D eigenvalue weighted by Gasteiger charge is -2.50. The lowest BCUT2D eigenvalue weighted by molar-refractivity contribution is -0.145. The standard InChI is InChI=1S/C25H34N6O3/c1-5-33-18-6-16(7-18)22-28-21(29-34-22)20-11-30(15(2)17-9-26-27-10-17)12-25(20)13-31(14-25)23(32)19-8-24(19,3)4/h9-10,16,18-20H,2,5-8,11-14H2,1,3-4H3,(H,26,27)/t16?,18?,19-,20?/m1/s1. The first-order valence-corrected chi connectivity index (χ1v) is 12.5. The molecule has 1 spiro atoms. The van der Waals surface area contributed by atoms with Gasteiger partial charge in [-0.05, 0) is 31.6 Å². The fraction of sp³-hybridized carbons (Fsp3) is 0.680. The number of aromatic nitrogens is 4. The van der Waals surface area contributed by atoms with Gasteiger partial charge in [0.15, 0.2) is 5.82 Å². The number of nitrogens with zero attached hydrogens (tertiary/aromatic N) is 5. The van der Waals surface area contributed by atoms with Crippen LogP contribution < -0.4 is 0 Å². The molecule has 1 unspecified atom stereocenters. The van der Waals surface area contributed by atoms with Crippen molar-refractivity contribution >= 4 is 11.6 Å². The summed E-state index contributed by atoms with van der Waals surface area (Å²) >= 11 is 0. The van der Waals surface area contributed by atoms with Gasteiger partial charge in [-0.25, -0.2) is 0 Å². The molecular formula is C25H34N6O3. The molecule has 4 aliphatic rings. The third-order valence-corrected chi connectivity index (χ3v) is 8.61. The molecule has 9 nitrogen and oxygen atoms in total. The van der Waals surface area contributed by atoms with Crippen LogP contribution in [-0.2, 0) is 9.53 Å². The Morgan fingerprint density at radius 1 is 1.29 bits per heavy atom. The molecule has 2 saturated carbocycles. The monoisotopic (exact) mass is 466 g/mol. The Morgan fingerprint density at radius 2 is 2.03 bits per heavy atom. The summed E-state index contributed by atoms with van der Waals surface area (Å²) in [6.07, 6.45) is 6.83. The van der Waals surface area contributed by atoms with Crippen molar-refractivity contribution in [3.05, 3.63) is 36.3 Å². The van der Waals surface area contributed by atoms with Crippen LogP contribution in [0.25, 0.3) is 5.70 Å². The highest BCUT2D eigenvalue weighted by molar-refractivity contribution is 5.83. The largest absolute Gasteiger partial charge is 0.378 e. The van der Waals surface area contributed by atoms with Gasteiger partial charge in [0.25, 0.3) is 0 Å². The smallest absolute Gasteiger partial charge is 0.229 e. The van der Waals surface area contributed by atoms with Crippen LogP contribution >= 0.6 is 0 Å². The third kappa shape index (κ3) is 3.47. The molecule has 2 saturated heterocycles. The van der Waals surface area contributed by atoms with Gasteiger partial charge in [0, 0.05) is 67.5 Å².